The van der Waals surface area contributed by atoms with Crippen molar-refractivity contribution in [3.05, 3.63) is 54.6 Å². The Morgan fingerprint density at radius 2 is 1.65 bits per heavy atom. The highest BCUT2D eigenvalue weighted by molar-refractivity contribution is 5.70. The van der Waals surface area contributed by atoms with E-state index in [0.717, 1.165) is 16.9 Å². The molecule has 0 aliphatic heterocycles. The zero-order valence-electron chi connectivity index (χ0n) is 9.97. The first-order valence-electron chi connectivity index (χ1n) is 5.82. The van der Waals surface area contributed by atoms with E-state index in [2.05, 4.69) is 18.2 Å². The summed E-state index contributed by atoms with van der Waals surface area (Å²) in [7, 11) is 0. The first-order valence-corrected chi connectivity index (χ1v) is 5.82. The number of hydrogen-bond acceptors (Lipinski definition) is 2. The van der Waals surface area contributed by atoms with Crippen LogP contribution >= 0.6 is 0 Å². The SMILES string of the molecule is CC(CN)Oc1ccccc1-c1ccccc1. The van der Waals surface area contributed by atoms with Crippen molar-refractivity contribution in [1.29, 1.82) is 0 Å². The summed E-state index contributed by atoms with van der Waals surface area (Å²) in [6.45, 7) is 2.49. The van der Waals surface area contributed by atoms with E-state index in [1.807, 2.05) is 43.3 Å². The lowest BCUT2D eigenvalue weighted by atomic mass is 10.0. The molecule has 0 amide bonds. The smallest absolute Gasteiger partial charge is 0.127 e. The van der Waals surface area contributed by atoms with E-state index in [9.17, 15) is 0 Å². The Morgan fingerprint density at radius 3 is 2.35 bits per heavy atom. The molecule has 0 spiro atoms. The van der Waals surface area contributed by atoms with Crippen molar-refractivity contribution in [2.24, 2.45) is 5.73 Å². The minimum absolute atomic E-state index is 0.0277. The molecule has 2 aromatic carbocycles. The maximum Gasteiger partial charge on any atom is 0.127 e. The van der Waals surface area contributed by atoms with Crippen LogP contribution in [0.2, 0.25) is 0 Å². The van der Waals surface area contributed by atoms with Gasteiger partial charge in [-0.25, -0.2) is 0 Å². The third-order valence-corrected chi connectivity index (χ3v) is 2.63. The minimum Gasteiger partial charge on any atom is -0.489 e. The quantitative estimate of drug-likeness (QED) is 0.871. The lowest BCUT2D eigenvalue weighted by molar-refractivity contribution is 0.231. The Morgan fingerprint density at radius 1 is 1.00 bits per heavy atom. The second kappa shape index (κ2) is 5.51. The molecule has 0 saturated carbocycles. The molecule has 0 bridgehead atoms. The van der Waals surface area contributed by atoms with E-state index in [1.54, 1.807) is 0 Å². The van der Waals surface area contributed by atoms with E-state index in [-0.39, 0.29) is 6.10 Å². The summed E-state index contributed by atoms with van der Waals surface area (Å²) in [5, 5.41) is 0. The van der Waals surface area contributed by atoms with Gasteiger partial charge in [0, 0.05) is 12.1 Å². The fraction of sp³-hybridized carbons (Fsp3) is 0.200. The summed E-state index contributed by atoms with van der Waals surface area (Å²) in [5.74, 6) is 0.886. The predicted octanol–water partition coefficient (Wildman–Crippen LogP) is 3.08. The molecule has 88 valence electrons. The first-order chi connectivity index (χ1) is 8.31. The average Bonchev–Trinajstić information content (AvgIpc) is 2.40. The van der Waals surface area contributed by atoms with E-state index in [1.165, 1.54) is 0 Å². The van der Waals surface area contributed by atoms with Gasteiger partial charge >= 0.3 is 0 Å². The summed E-state index contributed by atoms with van der Waals surface area (Å²) in [4.78, 5) is 0. The van der Waals surface area contributed by atoms with Gasteiger partial charge < -0.3 is 10.5 Å². The van der Waals surface area contributed by atoms with Crippen LogP contribution in [0.5, 0.6) is 5.75 Å². The van der Waals surface area contributed by atoms with Gasteiger partial charge in [-0.2, -0.15) is 0 Å². The maximum absolute atomic E-state index is 5.82. The summed E-state index contributed by atoms with van der Waals surface area (Å²) < 4.78 is 5.82. The Labute approximate surface area is 102 Å². The van der Waals surface area contributed by atoms with Crippen molar-refractivity contribution in [1.82, 2.24) is 0 Å². The van der Waals surface area contributed by atoms with E-state index >= 15 is 0 Å². The molecule has 2 rings (SSSR count). The van der Waals surface area contributed by atoms with Crippen molar-refractivity contribution < 1.29 is 4.74 Å². The first kappa shape index (κ1) is 11.7. The van der Waals surface area contributed by atoms with Crippen LogP contribution in [0.15, 0.2) is 54.6 Å². The molecule has 0 fully saturated rings. The lowest BCUT2D eigenvalue weighted by Gasteiger charge is -2.16. The van der Waals surface area contributed by atoms with Gasteiger partial charge in [0.25, 0.3) is 0 Å². The largest absolute Gasteiger partial charge is 0.489 e. The molecule has 0 heterocycles. The van der Waals surface area contributed by atoms with Gasteiger partial charge in [-0.15, -0.1) is 0 Å². The molecule has 1 atom stereocenters. The van der Waals surface area contributed by atoms with Crippen molar-refractivity contribution in [2.45, 2.75) is 13.0 Å². The normalized spacial score (nSPS) is 12.1. The van der Waals surface area contributed by atoms with Crippen LogP contribution in [0.1, 0.15) is 6.92 Å². The zero-order valence-corrected chi connectivity index (χ0v) is 9.97. The molecule has 2 aromatic rings. The van der Waals surface area contributed by atoms with Crippen LogP contribution in [-0.2, 0) is 0 Å². The number of benzene rings is 2. The average molecular weight is 227 g/mol. The maximum atomic E-state index is 5.82. The zero-order chi connectivity index (χ0) is 12.1. The van der Waals surface area contributed by atoms with Crippen LogP contribution in [0, 0.1) is 0 Å². The van der Waals surface area contributed by atoms with Crippen LogP contribution in [-0.4, -0.2) is 12.6 Å². The monoisotopic (exact) mass is 227 g/mol. The number of para-hydroxylation sites is 1. The predicted molar refractivity (Wildman–Crippen MR) is 71.0 cm³/mol. The molecule has 0 saturated heterocycles. The molecule has 2 nitrogen and oxygen atoms in total. The third-order valence-electron chi connectivity index (χ3n) is 2.63. The van der Waals surface area contributed by atoms with E-state index in [4.69, 9.17) is 10.5 Å². The van der Waals surface area contributed by atoms with Gasteiger partial charge in [-0.05, 0) is 18.6 Å². The Kier molecular flexibility index (Phi) is 3.78. The molecule has 0 aromatic heterocycles. The van der Waals surface area contributed by atoms with Crippen LogP contribution in [0.25, 0.3) is 11.1 Å². The number of hydrogen-bond donors (Lipinski definition) is 1. The summed E-state index contributed by atoms with van der Waals surface area (Å²) >= 11 is 0. The lowest BCUT2D eigenvalue weighted by Crippen LogP contribution is -2.23. The van der Waals surface area contributed by atoms with E-state index < -0.39 is 0 Å². The van der Waals surface area contributed by atoms with Gasteiger partial charge in [0.1, 0.15) is 11.9 Å². The minimum atomic E-state index is 0.0277. The summed E-state index contributed by atoms with van der Waals surface area (Å²) in [5.41, 5.74) is 7.85. The van der Waals surface area contributed by atoms with Gasteiger partial charge in [0.2, 0.25) is 0 Å². The number of nitrogens with two attached hydrogens (primary N) is 1. The Balaban J connectivity index is 2.34. The van der Waals surface area contributed by atoms with Crippen molar-refractivity contribution >= 4 is 0 Å². The molecule has 2 heteroatoms. The second-order valence-electron chi connectivity index (χ2n) is 4.03. The molecule has 0 aliphatic rings. The van der Waals surface area contributed by atoms with Crippen LogP contribution in [0.4, 0.5) is 0 Å². The highest BCUT2D eigenvalue weighted by Gasteiger charge is 2.07. The molecule has 2 N–H and O–H groups in total. The van der Waals surface area contributed by atoms with Crippen molar-refractivity contribution in [3.63, 3.8) is 0 Å². The highest BCUT2D eigenvalue weighted by Crippen LogP contribution is 2.29. The summed E-state index contributed by atoms with van der Waals surface area (Å²) in [6, 6.07) is 18.3. The second-order valence-corrected chi connectivity index (χ2v) is 4.03. The fourth-order valence-corrected chi connectivity index (χ4v) is 1.69. The Bertz CT molecular complexity index is 467. The van der Waals surface area contributed by atoms with Crippen molar-refractivity contribution in [3.8, 4) is 16.9 Å². The fourth-order valence-electron chi connectivity index (χ4n) is 1.69. The topological polar surface area (TPSA) is 35.2 Å². The Hall–Kier alpha value is -1.80. The third kappa shape index (κ3) is 2.86. The van der Waals surface area contributed by atoms with Crippen LogP contribution < -0.4 is 10.5 Å². The molecule has 0 radical (unpaired) electrons. The summed E-state index contributed by atoms with van der Waals surface area (Å²) in [6.07, 6.45) is 0.0277. The van der Waals surface area contributed by atoms with Gasteiger partial charge in [0.15, 0.2) is 0 Å². The van der Waals surface area contributed by atoms with E-state index in [0.29, 0.717) is 6.54 Å². The number of ether oxygens (including phenoxy) is 1. The molecule has 0 aliphatic carbocycles. The number of rotatable bonds is 4. The standard InChI is InChI=1S/C15H17NO/c1-12(11-16)17-15-10-6-5-9-14(15)13-7-3-2-4-8-13/h2-10,12H,11,16H2,1H3. The molecular formula is C15H17NO. The van der Waals surface area contributed by atoms with Gasteiger partial charge in [-0.3, -0.25) is 0 Å². The molecule has 17 heavy (non-hydrogen) atoms. The molecular weight excluding hydrogens is 210 g/mol. The van der Waals surface area contributed by atoms with Crippen LogP contribution in [0.3, 0.4) is 0 Å². The molecule has 1 unspecified atom stereocenters. The van der Waals surface area contributed by atoms with Crippen molar-refractivity contribution in [2.75, 3.05) is 6.54 Å². The van der Waals surface area contributed by atoms with Gasteiger partial charge in [0.05, 0.1) is 0 Å². The highest BCUT2D eigenvalue weighted by atomic mass is 16.5. The van der Waals surface area contributed by atoms with Gasteiger partial charge in [-0.1, -0.05) is 48.5 Å².